The molecule has 0 radical (unpaired) electrons. The molecule has 0 aromatic rings. The number of hydrogen-bond acceptors (Lipinski definition) is 3. The lowest BCUT2D eigenvalue weighted by Crippen LogP contribution is -1.72. The molecule has 32 valence electrons. The monoisotopic (exact) mass is 333 g/mol. The number of rotatable bonds is 2. The first-order valence-electron chi connectivity index (χ1n) is 0.717. The molecule has 0 atom stereocenters. The fourth-order valence-electron chi connectivity index (χ4n) is 0.0119. The molecule has 0 amide bonds. The first-order valence-corrected chi connectivity index (χ1v) is 7.44. The Morgan fingerprint density at radius 2 is 1.60 bits per heavy atom. The van der Waals surface area contributed by atoms with Gasteiger partial charge in [-0.1, -0.05) is 0 Å². The number of hydrogen-bond donors (Lipinski definition) is 1. The van der Waals surface area contributed by atoms with Crippen LogP contribution in [0.3, 0.4) is 0 Å². The van der Waals surface area contributed by atoms with Crippen LogP contribution in [0.25, 0.3) is 0 Å². The standard InChI is InChI=1S/HI2NS2/c1-4-3-5-2/h3H. The largest absolute Gasteiger partial charge is 0.190 e. The van der Waals surface area contributed by atoms with Crippen molar-refractivity contribution < 1.29 is 0 Å². The molecule has 0 unspecified atom stereocenters. The highest BCUT2D eigenvalue weighted by atomic mass is 127. The van der Waals surface area contributed by atoms with Gasteiger partial charge in [-0.15, -0.1) is 0 Å². The van der Waals surface area contributed by atoms with E-state index < -0.39 is 0 Å². The first kappa shape index (κ1) is 7.12. The predicted octanol–water partition coefficient (Wildman–Crippen LogP) is 2.57. The molecule has 0 bridgehead atoms. The summed E-state index contributed by atoms with van der Waals surface area (Å²) in [4.78, 5) is 0. The molecule has 0 spiro atoms. The zero-order valence-corrected chi connectivity index (χ0v) is 8.02. The Bertz CT molecular complexity index is 15.1. The fourth-order valence-corrected chi connectivity index (χ4v) is 4.82. The second kappa shape index (κ2) is 6.12. The van der Waals surface area contributed by atoms with Crippen LogP contribution in [-0.2, 0) is 0 Å². The summed E-state index contributed by atoms with van der Waals surface area (Å²) in [5.41, 5.74) is 0. The first-order chi connectivity index (χ1) is 2.41. The summed E-state index contributed by atoms with van der Waals surface area (Å²) in [6, 6.07) is 0. The van der Waals surface area contributed by atoms with Gasteiger partial charge >= 0.3 is 0 Å². The summed E-state index contributed by atoms with van der Waals surface area (Å²) in [7, 11) is 3.15. The zero-order chi connectivity index (χ0) is 4.12. The smallest absolute Gasteiger partial charge is 0.0153 e. The van der Waals surface area contributed by atoms with Crippen molar-refractivity contribution in [3.05, 3.63) is 0 Å². The van der Waals surface area contributed by atoms with E-state index in [1.165, 1.54) is 0 Å². The Labute approximate surface area is 63.9 Å². The lowest BCUT2D eigenvalue weighted by Gasteiger charge is -1.79. The van der Waals surface area contributed by atoms with Gasteiger partial charge in [0.1, 0.15) is 0 Å². The molecular weight excluding hydrogens is 332 g/mol. The number of nitrogens with one attached hydrogen (secondary N) is 1. The SMILES string of the molecule is ISNSI. The zero-order valence-electron chi connectivity index (χ0n) is 2.07. The minimum atomic E-state index is 1.58. The molecule has 0 aromatic carbocycles. The van der Waals surface area contributed by atoms with E-state index in [0.717, 1.165) is 0 Å². The predicted molar refractivity (Wildman–Crippen MR) is 46.4 cm³/mol. The maximum absolute atomic E-state index is 2.92. The third-order valence-electron chi connectivity index (χ3n) is 0.0630. The van der Waals surface area contributed by atoms with Crippen molar-refractivity contribution in [3.63, 3.8) is 0 Å². The Morgan fingerprint density at radius 3 is 1.60 bits per heavy atom. The van der Waals surface area contributed by atoms with E-state index in [-0.39, 0.29) is 0 Å². The molecule has 5 heavy (non-hydrogen) atoms. The normalized spacial score (nSPS) is 8.40. The average Bonchev–Trinajstić information content (AvgIpc) is 1.41. The van der Waals surface area contributed by atoms with Crippen LogP contribution in [0.15, 0.2) is 0 Å². The van der Waals surface area contributed by atoms with E-state index in [0.29, 0.717) is 0 Å². The average molecular weight is 333 g/mol. The lowest BCUT2D eigenvalue weighted by atomic mass is 13.9. The minimum Gasteiger partial charge on any atom is -0.190 e. The van der Waals surface area contributed by atoms with E-state index in [4.69, 9.17) is 0 Å². The topological polar surface area (TPSA) is 12.0 Å². The van der Waals surface area contributed by atoms with Crippen molar-refractivity contribution in [2.45, 2.75) is 0 Å². The Balaban J connectivity index is 2.19. The van der Waals surface area contributed by atoms with Crippen molar-refractivity contribution in [3.8, 4) is 0 Å². The molecule has 0 saturated carbocycles. The van der Waals surface area contributed by atoms with Gasteiger partial charge < -0.3 is 0 Å². The molecule has 0 aliphatic heterocycles. The lowest BCUT2D eigenvalue weighted by molar-refractivity contribution is 1.82. The maximum atomic E-state index is 2.92. The molecule has 0 saturated heterocycles. The van der Waals surface area contributed by atoms with Crippen LogP contribution < -0.4 is 4.13 Å². The van der Waals surface area contributed by atoms with Crippen LogP contribution in [0.4, 0.5) is 0 Å². The Kier molecular flexibility index (Phi) is 8.71. The summed E-state index contributed by atoms with van der Waals surface area (Å²) < 4.78 is 2.92. The van der Waals surface area contributed by atoms with Crippen LogP contribution in [0.1, 0.15) is 0 Å². The van der Waals surface area contributed by atoms with Crippen LogP contribution in [0.5, 0.6) is 0 Å². The molecule has 1 nitrogen and oxygen atoms in total. The van der Waals surface area contributed by atoms with Gasteiger partial charge in [0.2, 0.25) is 0 Å². The van der Waals surface area contributed by atoms with E-state index in [9.17, 15) is 0 Å². The van der Waals surface area contributed by atoms with Crippen molar-refractivity contribution in [1.82, 2.24) is 4.13 Å². The molecule has 1 N–H and O–H groups in total. The highest BCUT2D eigenvalue weighted by Crippen LogP contribution is 2.15. The highest BCUT2D eigenvalue weighted by Gasteiger charge is 1.68. The molecule has 0 rings (SSSR count). The van der Waals surface area contributed by atoms with E-state index >= 15 is 0 Å². The van der Waals surface area contributed by atoms with E-state index in [1.807, 2.05) is 0 Å². The van der Waals surface area contributed by atoms with Gasteiger partial charge in [0, 0.05) is 60.6 Å². The van der Waals surface area contributed by atoms with Gasteiger partial charge in [-0.2, -0.15) is 4.13 Å². The molecule has 0 fully saturated rings. The van der Waals surface area contributed by atoms with Crippen LogP contribution in [0.2, 0.25) is 0 Å². The molecule has 0 aliphatic rings. The Morgan fingerprint density at radius 1 is 1.20 bits per heavy atom. The van der Waals surface area contributed by atoms with Gasteiger partial charge in [-0.05, 0) is 0 Å². The molecule has 0 aliphatic carbocycles. The van der Waals surface area contributed by atoms with Crippen molar-refractivity contribution in [1.29, 1.82) is 0 Å². The van der Waals surface area contributed by atoms with Crippen molar-refractivity contribution in [2.75, 3.05) is 0 Å². The van der Waals surface area contributed by atoms with E-state index in [2.05, 4.69) is 46.5 Å². The molecular formula is HI2NS2. The van der Waals surface area contributed by atoms with Crippen LogP contribution >= 0.6 is 60.6 Å². The van der Waals surface area contributed by atoms with Crippen LogP contribution in [-0.4, -0.2) is 0 Å². The summed E-state index contributed by atoms with van der Waals surface area (Å²) >= 11 is 4.33. The van der Waals surface area contributed by atoms with Gasteiger partial charge in [0.05, 0.1) is 0 Å². The summed E-state index contributed by atoms with van der Waals surface area (Å²) in [5, 5.41) is 0. The molecule has 0 heterocycles. The van der Waals surface area contributed by atoms with E-state index in [1.54, 1.807) is 18.2 Å². The second-order valence-corrected chi connectivity index (χ2v) is 3.86. The third-order valence-corrected chi connectivity index (χ3v) is 3.80. The fraction of sp³-hybridized carbons (Fsp3) is 0. The molecule has 0 aromatic heterocycles. The molecule has 5 heteroatoms. The maximum Gasteiger partial charge on any atom is 0.0153 e. The van der Waals surface area contributed by atoms with Gasteiger partial charge in [0.15, 0.2) is 0 Å². The highest BCUT2D eigenvalue weighted by molar-refractivity contribution is 14.2. The van der Waals surface area contributed by atoms with Gasteiger partial charge in [-0.25, -0.2) is 0 Å². The quantitative estimate of drug-likeness (QED) is 0.616. The van der Waals surface area contributed by atoms with Crippen molar-refractivity contribution in [2.24, 2.45) is 0 Å². The summed E-state index contributed by atoms with van der Waals surface area (Å²) in [5.74, 6) is 0. The Hall–Kier alpha value is 2.12. The van der Waals surface area contributed by atoms with Crippen LogP contribution in [0, 0.1) is 0 Å². The number of halogens is 2. The minimum absolute atomic E-state index is 1.58. The second-order valence-electron chi connectivity index (χ2n) is 0.238. The summed E-state index contributed by atoms with van der Waals surface area (Å²) in [6.45, 7) is 0. The van der Waals surface area contributed by atoms with Gasteiger partial charge in [0.25, 0.3) is 0 Å². The van der Waals surface area contributed by atoms with Gasteiger partial charge in [-0.3, -0.25) is 0 Å². The summed E-state index contributed by atoms with van der Waals surface area (Å²) in [6.07, 6.45) is 0. The third kappa shape index (κ3) is 6.12. The van der Waals surface area contributed by atoms with Crippen molar-refractivity contribution >= 4 is 60.6 Å².